The molecule has 6 nitrogen and oxygen atoms in total. The van der Waals surface area contributed by atoms with E-state index in [0.717, 1.165) is 56.4 Å². The molecule has 0 aliphatic heterocycles. The van der Waals surface area contributed by atoms with E-state index in [2.05, 4.69) is 57.4 Å². The summed E-state index contributed by atoms with van der Waals surface area (Å²) in [6, 6.07) is 0.424. The van der Waals surface area contributed by atoms with Crippen molar-refractivity contribution in [1.82, 2.24) is 25.4 Å². The maximum atomic E-state index is 4.65. The summed E-state index contributed by atoms with van der Waals surface area (Å²) in [5.74, 6) is 3.08. The molecule has 0 bridgehead atoms. The van der Waals surface area contributed by atoms with E-state index in [9.17, 15) is 0 Å². The maximum Gasteiger partial charge on any atom is 0.191 e. The highest BCUT2D eigenvalue weighted by atomic mass is 32.2. The first kappa shape index (κ1) is 18.8. The Hall–Kier alpha value is -1.24. The molecule has 0 fully saturated rings. The highest BCUT2D eigenvalue weighted by Crippen LogP contribution is 1.97. The Morgan fingerprint density at radius 2 is 2.27 bits per heavy atom. The van der Waals surface area contributed by atoms with E-state index in [1.54, 1.807) is 6.33 Å². The van der Waals surface area contributed by atoms with Crippen molar-refractivity contribution in [2.24, 2.45) is 4.99 Å². The third kappa shape index (κ3) is 7.15. The Balaban J connectivity index is 2.45. The highest BCUT2D eigenvalue weighted by molar-refractivity contribution is 7.98. The van der Waals surface area contributed by atoms with Crippen LogP contribution in [0, 0.1) is 0 Å². The summed E-state index contributed by atoms with van der Waals surface area (Å²) >= 11 is 1.86. The molecule has 1 unspecified atom stereocenters. The molecule has 1 atom stereocenters. The van der Waals surface area contributed by atoms with Crippen LogP contribution in [0.1, 0.15) is 39.4 Å². The van der Waals surface area contributed by atoms with E-state index in [0.29, 0.717) is 6.04 Å². The Morgan fingerprint density at radius 3 is 2.95 bits per heavy atom. The highest BCUT2D eigenvalue weighted by Gasteiger charge is 2.05. The number of hydrogen-bond acceptors (Lipinski definition) is 4. The summed E-state index contributed by atoms with van der Waals surface area (Å²) in [5, 5.41) is 14.9. The zero-order valence-corrected chi connectivity index (χ0v) is 15.1. The van der Waals surface area contributed by atoms with Gasteiger partial charge < -0.3 is 15.2 Å². The number of nitrogens with one attached hydrogen (secondary N) is 2. The topological polar surface area (TPSA) is 67.1 Å². The third-order valence-corrected chi connectivity index (χ3v) is 4.13. The second kappa shape index (κ2) is 11.3. The Labute approximate surface area is 138 Å². The molecule has 22 heavy (non-hydrogen) atoms. The van der Waals surface area contributed by atoms with Gasteiger partial charge in [-0.2, -0.15) is 11.8 Å². The van der Waals surface area contributed by atoms with Gasteiger partial charge in [0.1, 0.15) is 12.2 Å². The minimum atomic E-state index is 0.424. The molecule has 1 aromatic rings. The van der Waals surface area contributed by atoms with Crippen molar-refractivity contribution < 1.29 is 0 Å². The molecule has 0 radical (unpaired) electrons. The average Bonchev–Trinajstić information content (AvgIpc) is 2.98. The normalized spacial score (nSPS) is 13.2. The minimum absolute atomic E-state index is 0.424. The van der Waals surface area contributed by atoms with Gasteiger partial charge in [-0.1, -0.05) is 13.8 Å². The average molecular weight is 327 g/mol. The molecular formula is C15H30N6S. The molecule has 2 N–H and O–H groups in total. The summed E-state index contributed by atoms with van der Waals surface area (Å²) in [6.07, 6.45) is 7.01. The van der Waals surface area contributed by atoms with Crippen LogP contribution in [-0.4, -0.2) is 51.9 Å². The number of aromatic nitrogens is 3. The van der Waals surface area contributed by atoms with Gasteiger partial charge in [0, 0.05) is 32.1 Å². The number of nitrogens with zero attached hydrogens (tertiary/aromatic N) is 4. The van der Waals surface area contributed by atoms with Gasteiger partial charge in [-0.3, -0.25) is 4.99 Å². The summed E-state index contributed by atoms with van der Waals surface area (Å²) in [4.78, 5) is 4.65. The van der Waals surface area contributed by atoms with E-state index in [1.807, 2.05) is 11.8 Å². The van der Waals surface area contributed by atoms with Crippen molar-refractivity contribution in [3.63, 3.8) is 0 Å². The van der Waals surface area contributed by atoms with Crippen molar-refractivity contribution in [1.29, 1.82) is 0 Å². The lowest BCUT2D eigenvalue weighted by Crippen LogP contribution is -2.43. The first-order chi connectivity index (χ1) is 10.7. The predicted molar refractivity (Wildman–Crippen MR) is 95.6 cm³/mol. The molecule has 0 aliphatic rings. The van der Waals surface area contributed by atoms with Crippen LogP contribution in [0.4, 0.5) is 0 Å². The summed E-state index contributed by atoms with van der Waals surface area (Å²) in [7, 11) is 0. The lowest BCUT2D eigenvalue weighted by molar-refractivity contribution is 0.599. The fourth-order valence-electron chi connectivity index (χ4n) is 1.92. The van der Waals surface area contributed by atoms with Gasteiger partial charge in [0.2, 0.25) is 0 Å². The number of aryl methyl sites for hydroxylation is 1. The molecule has 126 valence electrons. The van der Waals surface area contributed by atoms with Crippen LogP contribution in [0.25, 0.3) is 0 Å². The molecular weight excluding hydrogens is 296 g/mol. The largest absolute Gasteiger partial charge is 0.355 e. The zero-order valence-electron chi connectivity index (χ0n) is 14.3. The van der Waals surface area contributed by atoms with Crippen molar-refractivity contribution in [3.05, 3.63) is 12.2 Å². The number of hydrogen-bond donors (Lipinski definition) is 2. The van der Waals surface area contributed by atoms with Crippen LogP contribution in [0.5, 0.6) is 0 Å². The van der Waals surface area contributed by atoms with E-state index in [-0.39, 0.29) is 0 Å². The minimum Gasteiger partial charge on any atom is -0.355 e. The molecule has 0 saturated heterocycles. The van der Waals surface area contributed by atoms with Gasteiger partial charge in [-0.25, -0.2) is 0 Å². The maximum absolute atomic E-state index is 4.65. The number of aliphatic imine (C=N–C) groups is 1. The fraction of sp³-hybridized carbons (Fsp3) is 0.800. The van der Waals surface area contributed by atoms with Crippen LogP contribution in [0.15, 0.2) is 11.3 Å². The summed E-state index contributed by atoms with van der Waals surface area (Å²) in [5.41, 5.74) is 0. The molecule has 0 amide bonds. The predicted octanol–water partition coefficient (Wildman–Crippen LogP) is 1.93. The Bertz CT molecular complexity index is 431. The van der Waals surface area contributed by atoms with Gasteiger partial charge in [0.05, 0.1) is 0 Å². The molecule has 1 aromatic heterocycles. The summed E-state index contributed by atoms with van der Waals surface area (Å²) in [6.45, 7) is 8.97. The molecule has 0 saturated carbocycles. The lowest BCUT2D eigenvalue weighted by atomic mass is 10.3. The molecule has 0 aliphatic carbocycles. The summed E-state index contributed by atoms with van der Waals surface area (Å²) < 4.78 is 2.08. The number of rotatable bonds is 10. The first-order valence-electron chi connectivity index (χ1n) is 8.11. The SMILES string of the molecule is CCc1nncn1CCNC(=NCCCSC)NC(C)CC. The standard InChI is InChI=1S/C15H30N6S/c1-5-13(3)19-15(16-8-7-11-22-4)17-9-10-21-12-18-20-14(21)6-2/h12-13H,5-11H2,1-4H3,(H2,16,17,19). The third-order valence-electron chi connectivity index (χ3n) is 3.43. The van der Waals surface area contributed by atoms with Crippen LogP contribution in [0.3, 0.4) is 0 Å². The second-order valence-corrected chi connectivity index (χ2v) is 6.24. The Kier molecular flexibility index (Phi) is 9.70. The molecule has 0 aromatic carbocycles. The van der Waals surface area contributed by atoms with Gasteiger partial charge >= 0.3 is 0 Å². The van der Waals surface area contributed by atoms with Gasteiger partial charge in [-0.15, -0.1) is 10.2 Å². The fourth-order valence-corrected chi connectivity index (χ4v) is 2.34. The monoisotopic (exact) mass is 326 g/mol. The van der Waals surface area contributed by atoms with Crippen LogP contribution >= 0.6 is 11.8 Å². The molecule has 7 heteroatoms. The number of guanidine groups is 1. The smallest absolute Gasteiger partial charge is 0.191 e. The van der Waals surface area contributed by atoms with Crippen LogP contribution < -0.4 is 10.6 Å². The van der Waals surface area contributed by atoms with E-state index in [1.165, 1.54) is 0 Å². The van der Waals surface area contributed by atoms with E-state index in [4.69, 9.17) is 0 Å². The van der Waals surface area contributed by atoms with Crippen LogP contribution in [0.2, 0.25) is 0 Å². The number of thioether (sulfide) groups is 1. The first-order valence-corrected chi connectivity index (χ1v) is 9.51. The van der Waals surface area contributed by atoms with Crippen molar-refractivity contribution in [3.8, 4) is 0 Å². The van der Waals surface area contributed by atoms with Crippen molar-refractivity contribution in [2.45, 2.75) is 52.6 Å². The second-order valence-electron chi connectivity index (χ2n) is 5.25. The van der Waals surface area contributed by atoms with E-state index < -0.39 is 0 Å². The van der Waals surface area contributed by atoms with Crippen LogP contribution in [-0.2, 0) is 13.0 Å². The Morgan fingerprint density at radius 1 is 1.45 bits per heavy atom. The molecule has 1 heterocycles. The lowest BCUT2D eigenvalue weighted by Gasteiger charge is -2.17. The molecule has 0 spiro atoms. The van der Waals surface area contributed by atoms with E-state index >= 15 is 0 Å². The van der Waals surface area contributed by atoms with Crippen molar-refractivity contribution >= 4 is 17.7 Å². The quantitative estimate of drug-likeness (QED) is 0.391. The zero-order chi connectivity index (χ0) is 16.2. The van der Waals surface area contributed by atoms with Gasteiger partial charge in [0.25, 0.3) is 0 Å². The van der Waals surface area contributed by atoms with Gasteiger partial charge in [-0.05, 0) is 31.8 Å². The van der Waals surface area contributed by atoms with Gasteiger partial charge in [0.15, 0.2) is 5.96 Å². The van der Waals surface area contributed by atoms with Crippen molar-refractivity contribution in [2.75, 3.05) is 25.1 Å². The molecule has 1 rings (SSSR count).